The molecule has 17 heavy (non-hydrogen) atoms. The van der Waals surface area contributed by atoms with Gasteiger partial charge in [-0.1, -0.05) is 18.2 Å². The Hall–Kier alpha value is -0.940. The highest BCUT2D eigenvalue weighted by atomic mass is 16.3. The summed E-state index contributed by atoms with van der Waals surface area (Å²) >= 11 is 0. The van der Waals surface area contributed by atoms with Crippen LogP contribution in [-0.4, -0.2) is 34.8 Å². The van der Waals surface area contributed by atoms with Gasteiger partial charge in [0, 0.05) is 11.7 Å². The van der Waals surface area contributed by atoms with E-state index in [1.807, 2.05) is 18.9 Å². The van der Waals surface area contributed by atoms with Crippen LogP contribution in [0.25, 0.3) is 0 Å². The Balaban J connectivity index is 2.56. The second-order valence-corrected chi connectivity index (χ2v) is 5.01. The van der Waals surface area contributed by atoms with Crippen molar-refractivity contribution in [2.24, 2.45) is 16.1 Å². The van der Waals surface area contributed by atoms with Crippen molar-refractivity contribution in [3.63, 3.8) is 0 Å². The molecule has 0 bridgehead atoms. The van der Waals surface area contributed by atoms with Crippen LogP contribution in [0, 0.1) is 0 Å². The number of aliphatic hydroxyl groups is 1. The van der Waals surface area contributed by atoms with Gasteiger partial charge in [-0.2, -0.15) is 5.11 Å². The number of hydrogen-bond acceptors (Lipinski definition) is 5. The molecule has 98 valence electrons. The largest absolute Gasteiger partial charge is 0.394 e. The molecule has 1 aliphatic heterocycles. The molecule has 0 unspecified atom stereocenters. The zero-order valence-corrected chi connectivity index (χ0v) is 11.1. The van der Waals surface area contributed by atoms with Gasteiger partial charge in [-0.15, -0.1) is 0 Å². The summed E-state index contributed by atoms with van der Waals surface area (Å²) < 4.78 is 0. The average Bonchev–Trinajstić information content (AvgIpc) is 2.68. The molecular formula is C12H24N4O. The van der Waals surface area contributed by atoms with Gasteiger partial charge in [0.05, 0.1) is 13.2 Å². The molecular weight excluding hydrogens is 216 g/mol. The number of hydrogen-bond donors (Lipinski definition) is 2. The molecule has 0 aliphatic carbocycles. The minimum Gasteiger partial charge on any atom is -0.394 e. The summed E-state index contributed by atoms with van der Waals surface area (Å²) in [5.74, 6) is 0. The van der Waals surface area contributed by atoms with Crippen molar-refractivity contribution >= 4 is 0 Å². The highest BCUT2D eigenvalue weighted by Gasteiger charge is 2.32. The smallest absolute Gasteiger partial charge is 0.123 e. The van der Waals surface area contributed by atoms with E-state index in [9.17, 15) is 5.11 Å². The van der Waals surface area contributed by atoms with E-state index in [1.165, 1.54) is 0 Å². The summed E-state index contributed by atoms with van der Waals surface area (Å²) in [7, 11) is 0. The number of aliphatic hydroxyl groups excluding tert-OH is 1. The van der Waals surface area contributed by atoms with Crippen LogP contribution < -0.4 is 5.73 Å². The van der Waals surface area contributed by atoms with Crippen molar-refractivity contribution in [2.45, 2.75) is 51.6 Å². The minimum absolute atomic E-state index is 0.0316. The van der Waals surface area contributed by atoms with Crippen molar-refractivity contribution < 1.29 is 5.11 Å². The molecule has 0 radical (unpaired) electrons. The van der Waals surface area contributed by atoms with Gasteiger partial charge in [-0.3, -0.25) is 0 Å². The normalized spacial score (nSPS) is 26.6. The van der Waals surface area contributed by atoms with E-state index in [0.717, 1.165) is 25.0 Å². The minimum atomic E-state index is -0.449. The van der Waals surface area contributed by atoms with Crippen LogP contribution >= 0.6 is 0 Å². The Labute approximate surface area is 103 Å². The van der Waals surface area contributed by atoms with Crippen LogP contribution in [0.5, 0.6) is 0 Å². The Morgan fingerprint density at radius 1 is 1.65 bits per heavy atom. The number of nitrogens with two attached hydrogens (primary N) is 1. The predicted octanol–water partition coefficient (Wildman–Crippen LogP) is 1.84. The van der Waals surface area contributed by atoms with E-state index in [-0.39, 0.29) is 12.6 Å². The van der Waals surface area contributed by atoms with E-state index < -0.39 is 5.54 Å². The average molecular weight is 240 g/mol. The highest BCUT2D eigenvalue weighted by molar-refractivity contribution is 5.04. The lowest BCUT2D eigenvalue weighted by Crippen LogP contribution is -2.34. The van der Waals surface area contributed by atoms with Crippen LogP contribution in [0.1, 0.15) is 40.0 Å². The molecule has 0 saturated heterocycles. The number of nitrogens with zero attached hydrogens (tertiary/aromatic N) is 3. The molecule has 5 heteroatoms. The Bertz CT molecular complexity index is 301. The number of allylic oxidation sites excluding steroid dienone is 2. The van der Waals surface area contributed by atoms with Crippen LogP contribution in [0.15, 0.2) is 22.1 Å². The lowest BCUT2D eigenvalue weighted by molar-refractivity contribution is 0.201. The monoisotopic (exact) mass is 240 g/mol. The quantitative estimate of drug-likeness (QED) is 0.744. The maximum atomic E-state index is 9.23. The molecule has 0 amide bonds. The van der Waals surface area contributed by atoms with Gasteiger partial charge < -0.3 is 10.8 Å². The fraction of sp³-hybridized carbons (Fsp3) is 0.833. The fourth-order valence-electron chi connectivity index (χ4n) is 1.73. The van der Waals surface area contributed by atoms with E-state index in [2.05, 4.69) is 23.3 Å². The molecule has 5 nitrogen and oxygen atoms in total. The molecule has 0 aromatic rings. The number of rotatable bonds is 6. The summed E-state index contributed by atoms with van der Waals surface area (Å²) in [6, 6.07) is 0.229. The van der Waals surface area contributed by atoms with Crippen LogP contribution in [0.4, 0.5) is 0 Å². The third-order valence-corrected chi connectivity index (χ3v) is 2.92. The van der Waals surface area contributed by atoms with Crippen LogP contribution in [-0.2, 0) is 0 Å². The first-order valence-corrected chi connectivity index (χ1v) is 6.26. The van der Waals surface area contributed by atoms with E-state index in [1.54, 1.807) is 0 Å². The van der Waals surface area contributed by atoms with Crippen molar-refractivity contribution in [2.75, 3.05) is 13.2 Å². The maximum Gasteiger partial charge on any atom is 0.123 e. The van der Waals surface area contributed by atoms with Gasteiger partial charge in [0.15, 0.2) is 0 Å². The summed E-state index contributed by atoms with van der Waals surface area (Å²) in [5.41, 5.74) is 6.43. The first kappa shape index (κ1) is 14.1. The zero-order valence-electron chi connectivity index (χ0n) is 11.1. The first-order chi connectivity index (χ1) is 8.00. The molecule has 1 aliphatic rings. The third kappa shape index (κ3) is 4.09. The van der Waals surface area contributed by atoms with Gasteiger partial charge in [-0.05, 0) is 33.1 Å². The predicted molar refractivity (Wildman–Crippen MR) is 68.3 cm³/mol. The van der Waals surface area contributed by atoms with E-state index >= 15 is 0 Å². The molecule has 1 rings (SSSR count). The Morgan fingerprint density at radius 2 is 2.35 bits per heavy atom. The third-order valence-electron chi connectivity index (χ3n) is 2.92. The van der Waals surface area contributed by atoms with Gasteiger partial charge in [-0.25, -0.2) is 5.01 Å². The van der Waals surface area contributed by atoms with Gasteiger partial charge in [0.25, 0.3) is 0 Å². The molecule has 0 spiro atoms. The van der Waals surface area contributed by atoms with Crippen molar-refractivity contribution in [3.8, 4) is 0 Å². The molecule has 3 N–H and O–H groups in total. The highest BCUT2D eigenvalue weighted by Crippen LogP contribution is 2.25. The molecule has 0 aromatic heterocycles. The summed E-state index contributed by atoms with van der Waals surface area (Å²) in [6.07, 6.45) is 5.03. The molecule has 0 fully saturated rings. The van der Waals surface area contributed by atoms with Gasteiger partial charge >= 0.3 is 0 Å². The van der Waals surface area contributed by atoms with Crippen molar-refractivity contribution in [3.05, 3.63) is 11.8 Å². The van der Waals surface area contributed by atoms with Crippen molar-refractivity contribution in [1.82, 2.24) is 5.01 Å². The standard InChI is InChI=1S/C12H24N4O/c1-4-11(7-5-6-10(2)13)16-8-12(3,9-17)14-15-16/h7,10,17H,4-6,8-9,13H2,1-3H3/b11-7+/t10-,12+/m0/s1. The molecule has 1 heterocycles. The summed E-state index contributed by atoms with van der Waals surface area (Å²) in [5, 5.41) is 19.4. The summed E-state index contributed by atoms with van der Waals surface area (Å²) in [6.45, 7) is 6.70. The second kappa shape index (κ2) is 6.12. The maximum absolute atomic E-state index is 9.23. The van der Waals surface area contributed by atoms with Gasteiger partial charge in [0.2, 0.25) is 0 Å². The summed E-state index contributed by atoms with van der Waals surface area (Å²) in [4.78, 5) is 0. The second-order valence-electron chi connectivity index (χ2n) is 5.01. The fourth-order valence-corrected chi connectivity index (χ4v) is 1.73. The van der Waals surface area contributed by atoms with Gasteiger partial charge in [0.1, 0.15) is 5.54 Å². The van der Waals surface area contributed by atoms with E-state index in [0.29, 0.717) is 6.54 Å². The van der Waals surface area contributed by atoms with Crippen LogP contribution in [0.2, 0.25) is 0 Å². The zero-order chi connectivity index (χ0) is 12.9. The van der Waals surface area contributed by atoms with E-state index in [4.69, 9.17) is 5.73 Å². The SMILES string of the molecule is CC/C(=C\CC[C@H](C)N)N1C[C@](C)(CO)N=N1. The first-order valence-electron chi connectivity index (χ1n) is 6.26. The molecule has 0 saturated carbocycles. The molecule has 0 aromatic carbocycles. The van der Waals surface area contributed by atoms with Crippen molar-refractivity contribution in [1.29, 1.82) is 0 Å². The Morgan fingerprint density at radius 3 is 2.82 bits per heavy atom. The molecule has 2 atom stereocenters. The lowest BCUT2D eigenvalue weighted by Gasteiger charge is -2.20. The lowest BCUT2D eigenvalue weighted by atomic mass is 10.1. The topological polar surface area (TPSA) is 74.2 Å². The van der Waals surface area contributed by atoms with Crippen LogP contribution in [0.3, 0.4) is 0 Å². The Kier molecular flexibility index (Phi) is 5.08.